The first kappa shape index (κ1) is 9.38. The summed E-state index contributed by atoms with van der Waals surface area (Å²) in [5, 5.41) is 2.02. The molecule has 0 radical (unpaired) electrons. The summed E-state index contributed by atoms with van der Waals surface area (Å²) in [4.78, 5) is 5.54. The normalized spacial score (nSPS) is 10.8. The van der Waals surface area contributed by atoms with Crippen molar-refractivity contribution in [1.29, 1.82) is 0 Å². The number of nitrogen functional groups attached to an aromatic ring is 1. The molecule has 4 nitrogen and oxygen atoms in total. The second-order valence-corrected chi connectivity index (χ2v) is 4.31. The highest BCUT2D eigenvalue weighted by molar-refractivity contribution is 7.15. The van der Waals surface area contributed by atoms with Gasteiger partial charge in [0.1, 0.15) is 0 Å². The number of benzene rings is 1. The molecule has 3 aromatic rings. The number of aromatic nitrogens is 2. The molecule has 0 atom stereocenters. The molecule has 80 valence electrons. The Morgan fingerprint density at radius 1 is 1.25 bits per heavy atom. The van der Waals surface area contributed by atoms with E-state index in [0.29, 0.717) is 0 Å². The van der Waals surface area contributed by atoms with Crippen LogP contribution in [0.4, 0.5) is 5.69 Å². The Morgan fingerprint density at radius 3 is 2.75 bits per heavy atom. The van der Waals surface area contributed by atoms with Crippen LogP contribution in [0.2, 0.25) is 0 Å². The van der Waals surface area contributed by atoms with Gasteiger partial charge in [-0.3, -0.25) is 10.2 Å². The lowest BCUT2D eigenvalue weighted by Crippen LogP contribution is -2.05. The van der Waals surface area contributed by atoms with Gasteiger partial charge in [-0.25, -0.2) is 4.98 Å². The molecule has 0 aliphatic heterocycles. The van der Waals surface area contributed by atoms with Gasteiger partial charge in [-0.15, -0.1) is 11.3 Å². The highest BCUT2D eigenvalue weighted by Gasteiger charge is 2.04. The van der Waals surface area contributed by atoms with Crippen LogP contribution in [-0.4, -0.2) is 9.38 Å². The molecule has 2 aromatic heterocycles. The lowest BCUT2D eigenvalue weighted by molar-refractivity contribution is 1.23. The third-order valence-corrected chi connectivity index (χ3v) is 3.21. The van der Waals surface area contributed by atoms with E-state index in [0.717, 1.165) is 21.9 Å². The molecular formula is C11H10N4S. The summed E-state index contributed by atoms with van der Waals surface area (Å²) < 4.78 is 2.02. The SMILES string of the molecule is NNc1ccc(-c2cn3ccsc3n2)cc1. The number of fused-ring (bicyclic) bond motifs is 1. The van der Waals surface area contributed by atoms with Crippen molar-refractivity contribution in [2.75, 3.05) is 5.43 Å². The maximum atomic E-state index is 5.32. The van der Waals surface area contributed by atoms with Crippen molar-refractivity contribution in [3.63, 3.8) is 0 Å². The smallest absolute Gasteiger partial charge is 0.194 e. The first-order valence-electron chi connectivity index (χ1n) is 4.86. The van der Waals surface area contributed by atoms with E-state index < -0.39 is 0 Å². The van der Waals surface area contributed by atoms with Crippen molar-refractivity contribution in [3.8, 4) is 11.3 Å². The molecule has 5 heteroatoms. The molecule has 0 unspecified atom stereocenters. The van der Waals surface area contributed by atoms with Gasteiger partial charge in [0.15, 0.2) is 4.96 Å². The number of hydrogen-bond acceptors (Lipinski definition) is 4. The maximum absolute atomic E-state index is 5.32. The third-order valence-electron chi connectivity index (χ3n) is 2.44. The van der Waals surface area contributed by atoms with Crippen LogP contribution in [-0.2, 0) is 0 Å². The summed E-state index contributed by atoms with van der Waals surface area (Å²) in [5.41, 5.74) is 5.57. The Balaban J connectivity index is 2.05. The van der Waals surface area contributed by atoms with Gasteiger partial charge in [-0.1, -0.05) is 12.1 Å². The fourth-order valence-electron chi connectivity index (χ4n) is 1.60. The summed E-state index contributed by atoms with van der Waals surface area (Å²) >= 11 is 1.63. The number of rotatable bonds is 2. The van der Waals surface area contributed by atoms with Crippen LogP contribution < -0.4 is 11.3 Å². The van der Waals surface area contributed by atoms with Crippen LogP contribution in [0.1, 0.15) is 0 Å². The predicted molar refractivity (Wildman–Crippen MR) is 66.3 cm³/mol. The van der Waals surface area contributed by atoms with Gasteiger partial charge >= 0.3 is 0 Å². The van der Waals surface area contributed by atoms with E-state index in [1.165, 1.54) is 0 Å². The lowest BCUT2D eigenvalue weighted by Gasteiger charge is -2.00. The molecule has 0 amide bonds. The summed E-state index contributed by atoms with van der Waals surface area (Å²) in [6, 6.07) is 7.87. The number of anilines is 1. The first-order chi connectivity index (χ1) is 7.86. The third kappa shape index (κ3) is 1.46. The topological polar surface area (TPSA) is 55.3 Å². The molecule has 3 N–H and O–H groups in total. The summed E-state index contributed by atoms with van der Waals surface area (Å²) in [7, 11) is 0. The molecule has 0 fully saturated rings. The zero-order valence-corrected chi connectivity index (χ0v) is 9.24. The number of hydrazine groups is 1. The van der Waals surface area contributed by atoms with Crippen molar-refractivity contribution in [2.24, 2.45) is 5.84 Å². The summed E-state index contributed by atoms with van der Waals surface area (Å²) in [6.45, 7) is 0. The van der Waals surface area contributed by atoms with E-state index in [9.17, 15) is 0 Å². The standard InChI is InChI=1S/C11H10N4S/c12-14-9-3-1-8(2-4-9)10-7-15-5-6-16-11(15)13-10/h1-7,14H,12H2. The van der Waals surface area contributed by atoms with Crippen LogP contribution in [0.5, 0.6) is 0 Å². The largest absolute Gasteiger partial charge is 0.324 e. The van der Waals surface area contributed by atoms with Crippen molar-refractivity contribution in [1.82, 2.24) is 9.38 Å². The van der Waals surface area contributed by atoms with Crippen molar-refractivity contribution in [3.05, 3.63) is 42.0 Å². The molecule has 3 rings (SSSR count). The molecule has 16 heavy (non-hydrogen) atoms. The lowest BCUT2D eigenvalue weighted by atomic mass is 10.1. The molecule has 0 aliphatic carbocycles. The van der Waals surface area contributed by atoms with Gasteiger partial charge in [-0.2, -0.15) is 0 Å². The highest BCUT2D eigenvalue weighted by atomic mass is 32.1. The van der Waals surface area contributed by atoms with Crippen LogP contribution in [0.25, 0.3) is 16.2 Å². The number of hydrogen-bond donors (Lipinski definition) is 2. The second-order valence-electron chi connectivity index (χ2n) is 3.44. The predicted octanol–water partition coefficient (Wildman–Crippen LogP) is 2.35. The van der Waals surface area contributed by atoms with Gasteiger partial charge in [-0.05, 0) is 12.1 Å². The number of nitrogens with zero attached hydrogens (tertiary/aromatic N) is 2. The zero-order chi connectivity index (χ0) is 11.0. The average Bonchev–Trinajstić information content (AvgIpc) is 2.89. The van der Waals surface area contributed by atoms with Crippen LogP contribution in [0, 0.1) is 0 Å². The number of nitrogens with one attached hydrogen (secondary N) is 1. The van der Waals surface area contributed by atoms with Crippen LogP contribution >= 0.6 is 11.3 Å². The minimum atomic E-state index is 0.893. The molecule has 1 aromatic carbocycles. The molecular weight excluding hydrogens is 220 g/mol. The fourth-order valence-corrected chi connectivity index (χ4v) is 2.30. The number of thiazole rings is 1. The molecule has 0 aliphatic rings. The van der Waals surface area contributed by atoms with Crippen molar-refractivity contribution < 1.29 is 0 Å². The molecule has 0 saturated carbocycles. The van der Waals surface area contributed by atoms with Crippen LogP contribution in [0.3, 0.4) is 0 Å². The van der Waals surface area contributed by atoms with Gasteiger partial charge in [0, 0.05) is 29.0 Å². The maximum Gasteiger partial charge on any atom is 0.194 e. The van der Waals surface area contributed by atoms with E-state index in [1.54, 1.807) is 11.3 Å². The Bertz CT molecular complexity index is 580. The molecule has 0 spiro atoms. The minimum absolute atomic E-state index is 0.893. The summed E-state index contributed by atoms with van der Waals surface area (Å²) in [6.07, 6.45) is 4.03. The number of nitrogens with two attached hydrogens (primary N) is 1. The van der Waals surface area contributed by atoms with Crippen molar-refractivity contribution >= 4 is 22.0 Å². The quantitative estimate of drug-likeness (QED) is 0.525. The van der Waals surface area contributed by atoms with E-state index in [1.807, 2.05) is 46.4 Å². The minimum Gasteiger partial charge on any atom is -0.324 e. The Morgan fingerprint density at radius 2 is 2.06 bits per heavy atom. The van der Waals surface area contributed by atoms with Gasteiger partial charge < -0.3 is 5.43 Å². The Labute approximate surface area is 96.3 Å². The average molecular weight is 230 g/mol. The van der Waals surface area contributed by atoms with Gasteiger partial charge in [0.25, 0.3) is 0 Å². The van der Waals surface area contributed by atoms with Crippen molar-refractivity contribution in [2.45, 2.75) is 0 Å². The van der Waals surface area contributed by atoms with E-state index in [2.05, 4.69) is 10.4 Å². The van der Waals surface area contributed by atoms with Gasteiger partial charge in [0.05, 0.1) is 5.69 Å². The fraction of sp³-hybridized carbons (Fsp3) is 0. The Kier molecular flexibility index (Phi) is 2.12. The van der Waals surface area contributed by atoms with E-state index in [-0.39, 0.29) is 0 Å². The van der Waals surface area contributed by atoms with E-state index >= 15 is 0 Å². The van der Waals surface area contributed by atoms with Gasteiger partial charge in [0.2, 0.25) is 0 Å². The monoisotopic (exact) mass is 230 g/mol. The number of imidazole rings is 1. The molecule has 2 heterocycles. The first-order valence-corrected chi connectivity index (χ1v) is 5.74. The summed E-state index contributed by atoms with van der Waals surface area (Å²) in [5.74, 6) is 5.32. The molecule has 0 bridgehead atoms. The molecule has 0 saturated heterocycles. The zero-order valence-electron chi connectivity index (χ0n) is 8.42. The highest BCUT2D eigenvalue weighted by Crippen LogP contribution is 2.22. The van der Waals surface area contributed by atoms with Crippen LogP contribution in [0.15, 0.2) is 42.0 Å². The second kappa shape index (κ2) is 3.62. The van der Waals surface area contributed by atoms with E-state index in [4.69, 9.17) is 5.84 Å². The Hall–Kier alpha value is -1.85.